The second kappa shape index (κ2) is 9.39. The molecule has 0 saturated heterocycles. The molecule has 0 aliphatic heterocycles. The summed E-state index contributed by atoms with van der Waals surface area (Å²) < 4.78 is 31.6. The maximum atomic E-state index is 11.3. The Morgan fingerprint density at radius 1 is 1.05 bits per heavy atom. The molecule has 7 nitrogen and oxygen atoms in total. The predicted molar refractivity (Wildman–Crippen MR) is 63.7 cm³/mol. The molecule has 0 amide bonds. The minimum absolute atomic E-state index is 0. The van der Waals surface area contributed by atoms with Crippen LogP contribution in [-0.2, 0) is 23.0 Å². The average molecular weight is 346 g/mol. The molecule has 0 aliphatic rings. The summed E-state index contributed by atoms with van der Waals surface area (Å²) >= 11 is 0. The molecule has 1 aromatic carbocycles. The second-order valence-electron chi connectivity index (χ2n) is 4.01. The van der Waals surface area contributed by atoms with E-state index < -0.39 is 38.1 Å². The Morgan fingerprint density at radius 2 is 1.50 bits per heavy atom. The summed E-state index contributed by atoms with van der Waals surface area (Å²) in [6.07, 6.45) is 0.231. The summed E-state index contributed by atoms with van der Waals surface area (Å²) in [4.78, 5) is 21.2. The van der Waals surface area contributed by atoms with Crippen LogP contribution in [0.15, 0.2) is 11.0 Å². The van der Waals surface area contributed by atoms with Crippen LogP contribution in [0.3, 0.4) is 0 Å². The van der Waals surface area contributed by atoms with Crippen LogP contribution in [-0.4, -0.2) is 24.9 Å². The van der Waals surface area contributed by atoms with Crippen LogP contribution >= 0.6 is 0 Å². The van der Waals surface area contributed by atoms with Crippen molar-refractivity contribution in [3.05, 3.63) is 28.3 Å². The Morgan fingerprint density at radius 3 is 1.77 bits per heavy atom. The fourth-order valence-electron chi connectivity index (χ4n) is 2.16. The first-order valence-corrected chi connectivity index (χ1v) is 7.18. The third-order valence-corrected chi connectivity index (χ3v) is 3.80. The maximum absolute atomic E-state index is 11.3. The van der Waals surface area contributed by atoms with Gasteiger partial charge in [-0.05, 0) is 30.0 Å². The SMILES string of the molecule is CCc1c(C(=O)[O-])cc(S(=O)(=O)O)c(C(=O)[O-])c1CC.[Na+].[Na+]. The zero-order valence-electron chi connectivity index (χ0n) is 12.8. The van der Waals surface area contributed by atoms with Crippen molar-refractivity contribution in [1.82, 2.24) is 0 Å². The van der Waals surface area contributed by atoms with Gasteiger partial charge in [0, 0.05) is 11.1 Å². The van der Waals surface area contributed by atoms with E-state index in [1.165, 1.54) is 6.92 Å². The minimum atomic E-state index is -4.90. The third kappa shape index (κ3) is 5.04. The van der Waals surface area contributed by atoms with Crippen molar-refractivity contribution >= 4 is 22.1 Å². The molecule has 1 aromatic rings. The molecule has 10 heteroatoms. The molecule has 0 bridgehead atoms. The van der Waals surface area contributed by atoms with E-state index >= 15 is 0 Å². The van der Waals surface area contributed by atoms with Gasteiger partial charge in [0.2, 0.25) is 0 Å². The Labute approximate surface area is 172 Å². The van der Waals surface area contributed by atoms with Gasteiger partial charge in [-0.1, -0.05) is 13.8 Å². The number of benzene rings is 1. The Kier molecular flexibility index (Phi) is 10.4. The molecule has 0 aliphatic carbocycles. The van der Waals surface area contributed by atoms with E-state index in [2.05, 4.69) is 0 Å². The van der Waals surface area contributed by atoms with Crippen molar-refractivity contribution in [3.8, 4) is 0 Å². The van der Waals surface area contributed by atoms with Gasteiger partial charge >= 0.3 is 59.1 Å². The molecule has 22 heavy (non-hydrogen) atoms. The van der Waals surface area contributed by atoms with E-state index in [-0.39, 0.29) is 83.1 Å². The van der Waals surface area contributed by atoms with Crippen LogP contribution in [0.1, 0.15) is 45.7 Å². The van der Waals surface area contributed by atoms with Crippen molar-refractivity contribution < 1.29 is 91.9 Å². The van der Waals surface area contributed by atoms with Crippen LogP contribution in [0, 0.1) is 0 Å². The molecule has 110 valence electrons. The first-order chi connectivity index (χ1) is 9.15. The number of carbonyl (C=O) groups excluding carboxylic acids is 2. The van der Waals surface area contributed by atoms with Gasteiger partial charge in [-0.25, -0.2) is 0 Å². The Hall–Kier alpha value is 0.0700. The molecule has 0 spiro atoms. The van der Waals surface area contributed by atoms with Gasteiger partial charge in [-0.3, -0.25) is 4.55 Å². The first kappa shape index (κ1) is 24.3. The van der Waals surface area contributed by atoms with Crippen LogP contribution in [0.25, 0.3) is 0 Å². The summed E-state index contributed by atoms with van der Waals surface area (Å²) in [7, 11) is -4.90. The van der Waals surface area contributed by atoms with E-state index in [1.807, 2.05) is 0 Å². The topological polar surface area (TPSA) is 135 Å². The minimum Gasteiger partial charge on any atom is -0.545 e. The fraction of sp³-hybridized carbons (Fsp3) is 0.333. The van der Waals surface area contributed by atoms with Crippen LogP contribution in [0.4, 0.5) is 0 Å². The first-order valence-electron chi connectivity index (χ1n) is 5.74. The van der Waals surface area contributed by atoms with Crippen LogP contribution in [0.2, 0.25) is 0 Å². The summed E-state index contributed by atoms with van der Waals surface area (Å²) in [5, 5.41) is 22.2. The third-order valence-electron chi connectivity index (χ3n) is 2.92. The van der Waals surface area contributed by atoms with Crippen molar-refractivity contribution in [2.45, 2.75) is 31.6 Å². The van der Waals surface area contributed by atoms with Gasteiger partial charge in [0.25, 0.3) is 10.1 Å². The normalized spacial score (nSPS) is 10.3. The molecular weight excluding hydrogens is 334 g/mol. The average Bonchev–Trinajstić information content (AvgIpc) is 2.34. The van der Waals surface area contributed by atoms with E-state index in [4.69, 9.17) is 4.55 Å². The van der Waals surface area contributed by atoms with Crippen molar-refractivity contribution in [3.63, 3.8) is 0 Å². The standard InChI is InChI=1S/C12H14O7S.2Na/c1-3-6-7(4-2)10(12(15)16)9(20(17,18)19)5-8(6)11(13)14;;/h5H,3-4H2,1-2H3,(H,13,14)(H,15,16)(H,17,18,19);;/q;2*+1/p-2. The van der Waals surface area contributed by atoms with Gasteiger partial charge < -0.3 is 19.8 Å². The number of aromatic carboxylic acids is 2. The number of carboxylic acids is 2. The molecule has 0 fully saturated rings. The monoisotopic (exact) mass is 346 g/mol. The van der Waals surface area contributed by atoms with Gasteiger partial charge in [-0.2, -0.15) is 8.42 Å². The molecular formula is C12H12Na2O7S. The number of rotatable bonds is 5. The molecule has 0 heterocycles. The number of hydrogen-bond donors (Lipinski definition) is 1. The molecule has 0 radical (unpaired) electrons. The van der Waals surface area contributed by atoms with Crippen molar-refractivity contribution in [2.75, 3.05) is 0 Å². The van der Waals surface area contributed by atoms with Gasteiger partial charge in [0.15, 0.2) is 0 Å². The predicted octanol–water partition coefficient (Wildman–Crippen LogP) is -7.21. The van der Waals surface area contributed by atoms with E-state index in [9.17, 15) is 28.2 Å². The Balaban J connectivity index is 0. The summed E-state index contributed by atoms with van der Waals surface area (Å²) in [5.74, 6) is -3.44. The zero-order valence-corrected chi connectivity index (χ0v) is 17.6. The largest absolute Gasteiger partial charge is 1.00 e. The molecule has 0 unspecified atom stereocenters. The molecule has 0 saturated carbocycles. The molecule has 1 N–H and O–H groups in total. The summed E-state index contributed by atoms with van der Waals surface area (Å²) in [6.45, 7) is 3.13. The van der Waals surface area contributed by atoms with E-state index in [0.717, 1.165) is 0 Å². The maximum Gasteiger partial charge on any atom is 1.00 e. The van der Waals surface area contributed by atoms with E-state index in [0.29, 0.717) is 6.07 Å². The molecule has 0 atom stereocenters. The quantitative estimate of drug-likeness (QED) is 0.413. The second-order valence-corrected chi connectivity index (χ2v) is 5.40. The fourth-order valence-corrected chi connectivity index (χ4v) is 2.89. The van der Waals surface area contributed by atoms with E-state index in [1.54, 1.807) is 6.92 Å². The van der Waals surface area contributed by atoms with Crippen LogP contribution in [0.5, 0.6) is 0 Å². The molecule has 1 rings (SSSR count). The van der Waals surface area contributed by atoms with Crippen LogP contribution < -0.4 is 69.3 Å². The van der Waals surface area contributed by atoms with Crippen molar-refractivity contribution in [1.29, 1.82) is 0 Å². The van der Waals surface area contributed by atoms with Crippen molar-refractivity contribution in [2.24, 2.45) is 0 Å². The summed E-state index contributed by atoms with van der Waals surface area (Å²) in [5.41, 5.74) is -1.01. The Bertz CT molecular complexity index is 683. The smallest absolute Gasteiger partial charge is 0.545 e. The molecule has 0 aromatic heterocycles. The van der Waals surface area contributed by atoms with Gasteiger partial charge in [0.05, 0.1) is 11.9 Å². The zero-order chi connectivity index (χ0) is 15.7. The summed E-state index contributed by atoms with van der Waals surface area (Å²) in [6, 6.07) is 0.591. The number of carbonyl (C=O) groups is 2. The van der Waals surface area contributed by atoms with Gasteiger partial charge in [-0.15, -0.1) is 0 Å². The number of carboxylic acid groups (broad SMARTS) is 2. The number of hydrogen-bond acceptors (Lipinski definition) is 6. The van der Waals surface area contributed by atoms with Gasteiger partial charge in [0.1, 0.15) is 4.90 Å².